The van der Waals surface area contributed by atoms with Crippen molar-refractivity contribution in [1.82, 2.24) is 4.57 Å². The first kappa shape index (κ1) is 28.2. The normalized spacial score (nSPS) is 12.3. The van der Waals surface area contributed by atoms with E-state index in [1.165, 1.54) is 32.6 Å². The van der Waals surface area contributed by atoms with E-state index in [1.807, 2.05) is 60.7 Å². The Kier molecular flexibility index (Phi) is 7.37. The van der Waals surface area contributed by atoms with E-state index in [1.54, 1.807) is 0 Å². The minimum Gasteiger partial charge on any atom is -0.383 e. The zero-order valence-electron chi connectivity index (χ0n) is 25.8. The molecule has 7 aromatic carbocycles. The molecule has 0 spiro atoms. The molecule has 224 valence electrons. The van der Waals surface area contributed by atoms with E-state index in [9.17, 15) is 0 Å². The second-order valence-electron chi connectivity index (χ2n) is 11.6. The summed E-state index contributed by atoms with van der Waals surface area (Å²) < 4.78 is 2.37. The van der Waals surface area contributed by atoms with Crippen molar-refractivity contribution in [3.8, 4) is 16.8 Å². The Bertz CT molecular complexity index is 2420. The first-order valence-corrected chi connectivity index (χ1v) is 15.8. The van der Waals surface area contributed by atoms with Crippen molar-refractivity contribution < 1.29 is 0 Å². The minimum absolute atomic E-state index is 0.440. The third-order valence-corrected chi connectivity index (χ3v) is 8.74. The molecule has 0 amide bonds. The zero-order chi connectivity index (χ0) is 31.6. The lowest BCUT2D eigenvalue weighted by atomic mass is 9.99. The topological polar surface area (TPSA) is 55.7 Å². The van der Waals surface area contributed by atoms with Crippen LogP contribution in [0.3, 0.4) is 0 Å². The van der Waals surface area contributed by atoms with Crippen molar-refractivity contribution >= 4 is 44.2 Å². The van der Waals surface area contributed by atoms with Crippen molar-refractivity contribution in [2.45, 2.75) is 6.54 Å². The Labute approximate surface area is 273 Å². The van der Waals surface area contributed by atoms with Gasteiger partial charge in [-0.2, -0.15) is 0 Å². The number of amidine groups is 2. The molecule has 4 heteroatoms. The number of aromatic nitrogens is 1. The van der Waals surface area contributed by atoms with Crippen LogP contribution in [0.4, 0.5) is 0 Å². The summed E-state index contributed by atoms with van der Waals surface area (Å²) in [6.45, 7) is 0.466. The monoisotopic (exact) mass is 604 g/mol. The molecule has 0 aliphatic carbocycles. The quantitative estimate of drug-likeness (QED) is 0.149. The SMILES string of the molecule is NC(=NC(=NCc1ccccc1-c1ccc(-n2c3ccccc3c3c4ccccc4ccc32)cc1)c1ccccc1)c1ccccc1. The molecule has 8 aromatic rings. The number of nitrogens with zero attached hydrogens (tertiary/aromatic N) is 3. The fraction of sp³-hybridized carbons (Fsp3) is 0.0233. The molecule has 0 saturated heterocycles. The van der Waals surface area contributed by atoms with Crippen molar-refractivity contribution in [2.75, 3.05) is 0 Å². The maximum atomic E-state index is 6.44. The zero-order valence-corrected chi connectivity index (χ0v) is 25.8. The predicted molar refractivity (Wildman–Crippen MR) is 198 cm³/mol. The summed E-state index contributed by atoms with van der Waals surface area (Å²) in [7, 11) is 0. The molecule has 0 fully saturated rings. The van der Waals surface area contributed by atoms with Gasteiger partial charge in [-0.25, -0.2) is 4.99 Å². The Morgan fingerprint density at radius 2 is 1.17 bits per heavy atom. The van der Waals surface area contributed by atoms with Crippen LogP contribution in [0.25, 0.3) is 49.4 Å². The molecular weight excluding hydrogens is 573 g/mol. The second kappa shape index (κ2) is 12.3. The average molecular weight is 605 g/mol. The summed E-state index contributed by atoms with van der Waals surface area (Å²) in [5.41, 5.74) is 15.2. The van der Waals surface area contributed by atoms with E-state index in [0.717, 1.165) is 33.5 Å². The average Bonchev–Trinajstić information content (AvgIpc) is 3.49. The second-order valence-corrected chi connectivity index (χ2v) is 11.6. The molecule has 8 rings (SSSR count). The molecule has 2 N–H and O–H groups in total. The maximum absolute atomic E-state index is 6.44. The van der Waals surface area contributed by atoms with Crippen LogP contribution in [-0.4, -0.2) is 16.2 Å². The lowest BCUT2D eigenvalue weighted by Gasteiger charge is -2.12. The van der Waals surface area contributed by atoms with Gasteiger partial charge in [0.25, 0.3) is 0 Å². The Morgan fingerprint density at radius 1 is 0.532 bits per heavy atom. The van der Waals surface area contributed by atoms with E-state index in [2.05, 4.69) is 114 Å². The van der Waals surface area contributed by atoms with Gasteiger partial charge in [0.15, 0.2) is 5.84 Å². The molecule has 1 aromatic heterocycles. The number of aliphatic imine (C=N–C) groups is 2. The number of hydrogen-bond donors (Lipinski definition) is 1. The Hall–Kier alpha value is -6.26. The molecule has 0 radical (unpaired) electrons. The summed E-state index contributed by atoms with van der Waals surface area (Å²) >= 11 is 0. The van der Waals surface area contributed by atoms with Gasteiger partial charge in [-0.1, -0.05) is 146 Å². The van der Waals surface area contributed by atoms with E-state index in [4.69, 9.17) is 15.7 Å². The van der Waals surface area contributed by atoms with Gasteiger partial charge in [0.2, 0.25) is 0 Å². The van der Waals surface area contributed by atoms with Gasteiger partial charge in [0.1, 0.15) is 5.84 Å². The lowest BCUT2D eigenvalue weighted by molar-refractivity contribution is 1.06. The number of hydrogen-bond acceptors (Lipinski definition) is 1. The molecular formula is C43H32N4. The van der Waals surface area contributed by atoms with Gasteiger partial charge in [0.05, 0.1) is 17.6 Å². The molecule has 0 aliphatic rings. The summed E-state index contributed by atoms with van der Waals surface area (Å²) in [6, 6.07) is 58.9. The predicted octanol–water partition coefficient (Wildman–Crippen LogP) is 9.96. The Balaban J connectivity index is 1.17. The van der Waals surface area contributed by atoms with Gasteiger partial charge in [-0.05, 0) is 51.7 Å². The summed E-state index contributed by atoms with van der Waals surface area (Å²) in [6.07, 6.45) is 0. The first-order chi connectivity index (χ1) is 23.2. The van der Waals surface area contributed by atoms with Gasteiger partial charge < -0.3 is 10.3 Å². The lowest BCUT2D eigenvalue weighted by Crippen LogP contribution is -2.16. The van der Waals surface area contributed by atoms with Crippen LogP contribution in [0.15, 0.2) is 180 Å². The van der Waals surface area contributed by atoms with Gasteiger partial charge in [-0.15, -0.1) is 0 Å². The van der Waals surface area contributed by atoms with E-state index in [0.29, 0.717) is 18.2 Å². The van der Waals surface area contributed by atoms with Gasteiger partial charge in [-0.3, -0.25) is 4.99 Å². The van der Waals surface area contributed by atoms with Crippen LogP contribution in [0, 0.1) is 0 Å². The summed E-state index contributed by atoms with van der Waals surface area (Å²) in [5.74, 6) is 1.05. The van der Waals surface area contributed by atoms with Crippen molar-refractivity contribution in [3.63, 3.8) is 0 Å². The highest BCUT2D eigenvalue weighted by molar-refractivity contribution is 6.21. The number of nitrogens with two attached hydrogens (primary N) is 1. The molecule has 47 heavy (non-hydrogen) atoms. The molecule has 1 heterocycles. The highest BCUT2D eigenvalue weighted by Gasteiger charge is 2.15. The van der Waals surface area contributed by atoms with Crippen LogP contribution >= 0.6 is 0 Å². The van der Waals surface area contributed by atoms with E-state index in [-0.39, 0.29) is 0 Å². The van der Waals surface area contributed by atoms with Crippen LogP contribution < -0.4 is 5.73 Å². The summed E-state index contributed by atoms with van der Waals surface area (Å²) in [5, 5.41) is 5.07. The molecule has 0 aliphatic heterocycles. The van der Waals surface area contributed by atoms with E-state index >= 15 is 0 Å². The van der Waals surface area contributed by atoms with Crippen molar-refractivity contribution in [2.24, 2.45) is 15.7 Å². The summed E-state index contributed by atoms with van der Waals surface area (Å²) in [4.78, 5) is 9.80. The fourth-order valence-corrected chi connectivity index (χ4v) is 6.47. The minimum atomic E-state index is 0.440. The number of fused-ring (bicyclic) bond motifs is 5. The Morgan fingerprint density at radius 3 is 1.96 bits per heavy atom. The maximum Gasteiger partial charge on any atom is 0.157 e. The van der Waals surface area contributed by atoms with E-state index < -0.39 is 0 Å². The molecule has 0 unspecified atom stereocenters. The number of rotatable bonds is 6. The van der Waals surface area contributed by atoms with Crippen LogP contribution in [0.2, 0.25) is 0 Å². The first-order valence-electron chi connectivity index (χ1n) is 15.8. The molecule has 0 atom stereocenters. The third kappa shape index (κ3) is 5.36. The van der Waals surface area contributed by atoms with Crippen LogP contribution in [-0.2, 0) is 6.54 Å². The highest BCUT2D eigenvalue weighted by atomic mass is 15.0. The number of benzene rings is 7. The van der Waals surface area contributed by atoms with Crippen molar-refractivity contribution in [1.29, 1.82) is 0 Å². The van der Waals surface area contributed by atoms with Gasteiger partial charge >= 0.3 is 0 Å². The highest BCUT2D eigenvalue weighted by Crippen LogP contribution is 2.37. The van der Waals surface area contributed by atoms with Crippen LogP contribution in [0.1, 0.15) is 16.7 Å². The molecule has 0 bridgehead atoms. The van der Waals surface area contributed by atoms with Crippen LogP contribution in [0.5, 0.6) is 0 Å². The third-order valence-electron chi connectivity index (χ3n) is 8.74. The van der Waals surface area contributed by atoms with Crippen molar-refractivity contribution in [3.05, 3.63) is 187 Å². The van der Waals surface area contributed by atoms with Gasteiger partial charge in [0, 0.05) is 27.6 Å². The molecule has 0 saturated carbocycles. The number of para-hydroxylation sites is 1. The smallest absolute Gasteiger partial charge is 0.157 e. The largest absolute Gasteiger partial charge is 0.383 e. The fourth-order valence-electron chi connectivity index (χ4n) is 6.47. The molecule has 4 nitrogen and oxygen atoms in total. The standard InChI is InChI=1S/C43H32N4/c44-42(32-14-3-1-4-15-32)46-43(33-16-5-2-6-17-33)45-29-34-18-8-9-19-36(34)31-23-26-35(27-24-31)47-39-22-12-11-21-38(39)41-37-20-10-7-13-30(37)25-28-40(41)47/h1-28H,29H2,(H2,44,45,46).